The zero-order valence-corrected chi connectivity index (χ0v) is 6.61. The van der Waals surface area contributed by atoms with Crippen LogP contribution in [0.2, 0.25) is 5.22 Å². The zero-order chi connectivity index (χ0) is 7.40. The molecule has 1 rings (SSSR count). The van der Waals surface area contributed by atoms with Gasteiger partial charge in [-0.1, -0.05) is 6.92 Å². The van der Waals surface area contributed by atoms with Crippen LogP contribution in [0.5, 0.6) is 0 Å². The Morgan fingerprint density at radius 2 is 2.50 bits per heavy atom. The molecule has 0 spiro atoms. The summed E-state index contributed by atoms with van der Waals surface area (Å²) < 4.78 is 4.89. The predicted molar refractivity (Wildman–Crippen MR) is 41.1 cm³/mol. The van der Waals surface area contributed by atoms with Crippen LogP contribution in [0.3, 0.4) is 0 Å². The van der Waals surface area contributed by atoms with Crippen molar-refractivity contribution in [3.63, 3.8) is 0 Å². The van der Waals surface area contributed by atoms with Gasteiger partial charge in [0, 0.05) is 12.1 Å². The first kappa shape index (κ1) is 7.63. The molecule has 1 aromatic rings. The molecule has 0 unspecified atom stereocenters. The Balaban J connectivity index is 2.49. The molecule has 0 aromatic carbocycles. The first-order valence-electron chi connectivity index (χ1n) is 3.27. The van der Waals surface area contributed by atoms with E-state index in [9.17, 15) is 0 Å². The number of hydrogen-bond acceptors (Lipinski definition) is 2. The normalized spacial score (nSPS) is 10.2. The summed E-state index contributed by atoms with van der Waals surface area (Å²) in [5.74, 6) is 0. The van der Waals surface area contributed by atoms with E-state index in [1.807, 2.05) is 13.0 Å². The highest BCUT2D eigenvalue weighted by Gasteiger charge is 1.99. The minimum absolute atomic E-state index is 0.487. The van der Waals surface area contributed by atoms with Crippen molar-refractivity contribution in [1.29, 1.82) is 0 Å². The van der Waals surface area contributed by atoms with Gasteiger partial charge in [-0.2, -0.15) is 0 Å². The molecule has 0 aliphatic heterocycles. The molecule has 56 valence electrons. The highest BCUT2D eigenvalue weighted by atomic mass is 35.5. The zero-order valence-electron chi connectivity index (χ0n) is 5.86. The summed E-state index contributed by atoms with van der Waals surface area (Å²) in [7, 11) is 0. The second-order valence-corrected chi connectivity index (χ2v) is 2.34. The van der Waals surface area contributed by atoms with Crippen molar-refractivity contribution in [3.05, 3.63) is 23.1 Å². The molecule has 10 heavy (non-hydrogen) atoms. The maximum absolute atomic E-state index is 5.67. The highest BCUT2D eigenvalue weighted by molar-refractivity contribution is 6.29. The summed E-state index contributed by atoms with van der Waals surface area (Å²) in [6, 6.07) is 1.87. The standard InChI is InChI=1S/C7H10ClNO/c1-2-9-5-6-3-4-10-7(6)8/h3-4,9H,2,5H2,1H3. The SMILES string of the molecule is CCNCc1ccoc1Cl. The number of furan rings is 1. The Labute approximate surface area is 65.2 Å². The van der Waals surface area contributed by atoms with Crippen LogP contribution in [0.25, 0.3) is 0 Å². The number of hydrogen-bond donors (Lipinski definition) is 1. The smallest absolute Gasteiger partial charge is 0.197 e. The van der Waals surface area contributed by atoms with Crippen molar-refractivity contribution in [2.75, 3.05) is 6.54 Å². The van der Waals surface area contributed by atoms with Crippen LogP contribution in [0.15, 0.2) is 16.7 Å². The fraction of sp³-hybridized carbons (Fsp3) is 0.429. The van der Waals surface area contributed by atoms with E-state index in [2.05, 4.69) is 5.32 Å². The van der Waals surface area contributed by atoms with Gasteiger partial charge in [0.25, 0.3) is 0 Å². The van der Waals surface area contributed by atoms with Gasteiger partial charge in [-0.3, -0.25) is 0 Å². The van der Waals surface area contributed by atoms with Gasteiger partial charge in [-0.15, -0.1) is 0 Å². The molecule has 1 N–H and O–H groups in total. The first-order chi connectivity index (χ1) is 4.84. The average molecular weight is 160 g/mol. The van der Waals surface area contributed by atoms with Gasteiger partial charge in [0.05, 0.1) is 6.26 Å². The van der Waals surface area contributed by atoms with Gasteiger partial charge in [-0.05, 0) is 24.2 Å². The fourth-order valence-corrected chi connectivity index (χ4v) is 0.886. The summed E-state index contributed by atoms with van der Waals surface area (Å²) in [5.41, 5.74) is 1.02. The molecule has 0 amide bonds. The Hall–Kier alpha value is -0.470. The average Bonchev–Trinajstić information content (AvgIpc) is 2.31. The van der Waals surface area contributed by atoms with E-state index in [4.69, 9.17) is 16.0 Å². The molecule has 0 bridgehead atoms. The minimum atomic E-state index is 0.487. The minimum Gasteiger partial charge on any atom is -0.453 e. The second-order valence-electron chi connectivity index (χ2n) is 2.00. The quantitative estimate of drug-likeness (QED) is 0.730. The highest BCUT2D eigenvalue weighted by Crippen LogP contribution is 2.15. The molecule has 3 heteroatoms. The van der Waals surface area contributed by atoms with Crippen molar-refractivity contribution in [3.8, 4) is 0 Å². The van der Waals surface area contributed by atoms with Crippen molar-refractivity contribution >= 4 is 11.6 Å². The molecule has 0 atom stereocenters. The van der Waals surface area contributed by atoms with E-state index in [-0.39, 0.29) is 0 Å². The third-order valence-electron chi connectivity index (χ3n) is 1.26. The largest absolute Gasteiger partial charge is 0.453 e. The summed E-state index contributed by atoms with van der Waals surface area (Å²) in [6.45, 7) is 3.78. The second kappa shape index (κ2) is 3.64. The Kier molecular flexibility index (Phi) is 2.78. The van der Waals surface area contributed by atoms with Crippen molar-refractivity contribution < 1.29 is 4.42 Å². The number of rotatable bonds is 3. The maximum Gasteiger partial charge on any atom is 0.197 e. The lowest BCUT2D eigenvalue weighted by molar-refractivity contribution is 0.563. The van der Waals surface area contributed by atoms with Crippen LogP contribution in [0.4, 0.5) is 0 Å². The summed E-state index contributed by atoms with van der Waals surface area (Å²) in [4.78, 5) is 0. The Bertz CT molecular complexity index is 197. The van der Waals surface area contributed by atoms with E-state index in [0.29, 0.717) is 5.22 Å². The van der Waals surface area contributed by atoms with E-state index in [0.717, 1.165) is 18.7 Å². The fourth-order valence-electron chi connectivity index (χ4n) is 0.705. The molecule has 0 fully saturated rings. The van der Waals surface area contributed by atoms with Crippen molar-refractivity contribution in [2.45, 2.75) is 13.5 Å². The predicted octanol–water partition coefficient (Wildman–Crippen LogP) is 2.04. The van der Waals surface area contributed by atoms with E-state index in [1.54, 1.807) is 6.26 Å². The molecular formula is C7H10ClNO. The van der Waals surface area contributed by atoms with E-state index >= 15 is 0 Å². The van der Waals surface area contributed by atoms with E-state index in [1.165, 1.54) is 0 Å². The molecule has 0 saturated carbocycles. The van der Waals surface area contributed by atoms with Gasteiger partial charge >= 0.3 is 0 Å². The molecule has 0 aliphatic rings. The number of halogens is 1. The van der Waals surface area contributed by atoms with Crippen LogP contribution in [-0.2, 0) is 6.54 Å². The molecule has 1 aromatic heterocycles. The molecule has 0 saturated heterocycles. The van der Waals surface area contributed by atoms with Crippen LogP contribution in [-0.4, -0.2) is 6.54 Å². The monoisotopic (exact) mass is 159 g/mol. The third-order valence-corrected chi connectivity index (χ3v) is 1.59. The molecule has 0 radical (unpaired) electrons. The first-order valence-corrected chi connectivity index (χ1v) is 3.65. The topological polar surface area (TPSA) is 25.2 Å². The summed E-state index contributed by atoms with van der Waals surface area (Å²) >= 11 is 5.67. The lowest BCUT2D eigenvalue weighted by Gasteiger charge is -1.96. The van der Waals surface area contributed by atoms with Crippen LogP contribution < -0.4 is 5.32 Å². The van der Waals surface area contributed by atoms with Crippen LogP contribution in [0.1, 0.15) is 12.5 Å². The van der Waals surface area contributed by atoms with Gasteiger partial charge in [-0.25, -0.2) is 0 Å². The molecule has 0 aliphatic carbocycles. The lowest BCUT2D eigenvalue weighted by Crippen LogP contribution is -2.11. The maximum atomic E-state index is 5.67. The summed E-state index contributed by atoms with van der Waals surface area (Å²) in [5, 5.41) is 3.63. The third kappa shape index (κ3) is 1.75. The number of nitrogens with one attached hydrogen (secondary N) is 1. The van der Waals surface area contributed by atoms with Gasteiger partial charge in [0.15, 0.2) is 5.22 Å². The van der Waals surface area contributed by atoms with Crippen molar-refractivity contribution in [1.82, 2.24) is 5.32 Å². The van der Waals surface area contributed by atoms with Crippen molar-refractivity contribution in [2.24, 2.45) is 0 Å². The van der Waals surface area contributed by atoms with Gasteiger partial charge in [0.2, 0.25) is 0 Å². The molecule has 1 heterocycles. The van der Waals surface area contributed by atoms with Crippen LogP contribution in [0, 0.1) is 0 Å². The summed E-state index contributed by atoms with van der Waals surface area (Å²) in [6.07, 6.45) is 1.59. The molecular weight excluding hydrogens is 150 g/mol. The van der Waals surface area contributed by atoms with Crippen LogP contribution >= 0.6 is 11.6 Å². The van der Waals surface area contributed by atoms with E-state index < -0.39 is 0 Å². The Morgan fingerprint density at radius 1 is 1.70 bits per heavy atom. The van der Waals surface area contributed by atoms with Gasteiger partial charge < -0.3 is 9.73 Å². The lowest BCUT2D eigenvalue weighted by atomic mass is 10.3. The van der Waals surface area contributed by atoms with Gasteiger partial charge in [0.1, 0.15) is 0 Å². The molecule has 2 nitrogen and oxygen atoms in total. The Morgan fingerprint density at radius 3 is 3.00 bits per heavy atom.